The van der Waals surface area contributed by atoms with Crippen LogP contribution in [0.1, 0.15) is 25.7 Å². The van der Waals surface area contributed by atoms with E-state index < -0.39 is 0 Å². The average molecular weight is 251 g/mol. The molecule has 0 spiro atoms. The Bertz CT molecular complexity index is 343. The fourth-order valence-corrected chi connectivity index (χ4v) is 3.63. The first-order valence-corrected chi connectivity index (χ1v) is 7.31. The Balaban J connectivity index is 1.79. The molecule has 0 saturated heterocycles. The van der Waals surface area contributed by atoms with Crippen LogP contribution in [-0.4, -0.2) is 23.0 Å². The molecule has 0 radical (unpaired) electrons. The number of hydrogen-bond donors (Lipinski definition) is 2. The molecular weight excluding hydrogens is 230 g/mol. The van der Waals surface area contributed by atoms with Crippen molar-refractivity contribution in [3.05, 3.63) is 30.3 Å². The van der Waals surface area contributed by atoms with Gasteiger partial charge in [0.2, 0.25) is 0 Å². The van der Waals surface area contributed by atoms with Crippen molar-refractivity contribution in [1.29, 1.82) is 0 Å². The van der Waals surface area contributed by atoms with Crippen LogP contribution in [0.25, 0.3) is 0 Å². The first-order chi connectivity index (χ1) is 8.24. The molecule has 1 saturated carbocycles. The van der Waals surface area contributed by atoms with Gasteiger partial charge in [-0.25, -0.2) is 0 Å². The van der Waals surface area contributed by atoms with E-state index in [1.807, 2.05) is 17.8 Å². The van der Waals surface area contributed by atoms with Crippen LogP contribution in [-0.2, 0) is 0 Å². The number of aliphatic hydroxyl groups excluding tert-OH is 1. The Hall–Kier alpha value is -0.510. The largest absolute Gasteiger partial charge is 0.394 e. The molecule has 2 unspecified atom stereocenters. The Labute approximate surface area is 108 Å². The van der Waals surface area contributed by atoms with E-state index in [1.54, 1.807) is 0 Å². The summed E-state index contributed by atoms with van der Waals surface area (Å²) < 4.78 is 0. The number of hydrogen-bond acceptors (Lipinski definition) is 3. The quantitative estimate of drug-likeness (QED) is 0.791. The molecule has 1 aromatic rings. The lowest BCUT2D eigenvalue weighted by Crippen LogP contribution is -2.47. The maximum absolute atomic E-state index is 9.38. The average Bonchev–Trinajstić information content (AvgIpc) is 2.73. The molecule has 0 aliphatic heterocycles. The van der Waals surface area contributed by atoms with Crippen molar-refractivity contribution in [3.63, 3.8) is 0 Å². The fraction of sp³-hybridized carbons (Fsp3) is 0.571. The molecule has 1 aromatic carbocycles. The smallest absolute Gasteiger partial charge is 0.0613 e. The number of aliphatic hydroxyl groups is 1. The molecule has 1 aliphatic carbocycles. The second kappa shape index (κ2) is 5.89. The highest BCUT2D eigenvalue weighted by Crippen LogP contribution is 2.36. The number of benzene rings is 1. The van der Waals surface area contributed by atoms with Crippen LogP contribution in [0.4, 0.5) is 0 Å². The van der Waals surface area contributed by atoms with E-state index >= 15 is 0 Å². The molecule has 0 aromatic heterocycles. The zero-order valence-electron chi connectivity index (χ0n) is 10.1. The van der Waals surface area contributed by atoms with Crippen LogP contribution in [0, 0.1) is 5.92 Å². The summed E-state index contributed by atoms with van der Waals surface area (Å²) in [5.74, 6) is 1.58. The minimum absolute atomic E-state index is 0.133. The van der Waals surface area contributed by atoms with Gasteiger partial charge in [-0.05, 0) is 43.1 Å². The van der Waals surface area contributed by atoms with Crippen LogP contribution in [0.5, 0.6) is 0 Å². The number of rotatable bonds is 5. The number of thioether (sulfide) groups is 1. The zero-order valence-corrected chi connectivity index (χ0v) is 11.0. The zero-order chi connectivity index (χ0) is 12.1. The predicted octanol–water partition coefficient (Wildman–Crippen LogP) is 2.66. The lowest BCUT2D eigenvalue weighted by molar-refractivity contribution is 0.158. The van der Waals surface area contributed by atoms with Crippen LogP contribution < -0.4 is 5.73 Å². The molecule has 17 heavy (non-hydrogen) atoms. The third-order valence-electron chi connectivity index (χ3n) is 3.78. The van der Waals surface area contributed by atoms with Crippen molar-refractivity contribution in [2.75, 3.05) is 12.4 Å². The summed E-state index contributed by atoms with van der Waals surface area (Å²) in [7, 11) is 0. The number of nitrogens with two attached hydrogens (primary N) is 1. The molecule has 1 fully saturated rings. The van der Waals surface area contributed by atoms with Gasteiger partial charge in [0.25, 0.3) is 0 Å². The van der Waals surface area contributed by atoms with Crippen LogP contribution in [0.15, 0.2) is 35.2 Å². The first kappa shape index (κ1) is 12.9. The molecule has 0 amide bonds. The summed E-state index contributed by atoms with van der Waals surface area (Å²) in [5.41, 5.74) is 5.91. The standard InChI is InChI=1S/C14H21NOS/c15-14(11-16)9-4-5-12(14)8-10-17-13-6-2-1-3-7-13/h1-3,6-7,12,16H,4-5,8-11,15H2. The summed E-state index contributed by atoms with van der Waals surface area (Å²) in [4.78, 5) is 1.32. The van der Waals surface area contributed by atoms with E-state index in [0.717, 1.165) is 25.0 Å². The van der Waals surface area contributed by atoms with E-state index in [9.17, 15) is 5.11 Å². The summed E-state index contributed by atoms with van der Waals surface area (Å²) in [6.07, 6.45) is 4.42. The van der Waals surface area contributed by atoms with E-state index in [-0.39, 0.29) is 12.1 Å². The second-order valence-corrected chi connectivity index (χ2v) is 6.10. The van der Waals surface area contributed by atoms with Gasteiger partial charge in [0.15, 0.2) is 0 Å². The van der Waals surface area contributed by atoms with Crippen LogP contribution in [0.2, 0.25) is 0 Å². The van der Waals surface area contributed by atoms with Gasteiger partial charge in [-0.3, -0.25) is 0 Å². The Morgan fingerprint density at radius 2 is 2.12 bits per heavy atom. The molecule has 94 valence electrons. The molecular formula is C14H21NOS. The van der Waals surface area contributed by atoms with Gasteiger partial charge < -0.3 is 10.8 Å². The van der Waals surface area contributed by atoms with Gasteiger partial charge in [-0.1, -0.05) is 24.6 Å². The van der Waals surface area contributed by atoms with Gasteiger partial charge >= 0.3 is 0 Å². The summed E-state index contributed by atoms with van der Waals surface area (Å²) in [6, 6.07) is 10.5. The van der Waals surface area contributed by atoms with E-state index in [2.05, 4.69) is 24.3 Å². The minimum Gasteiger partial charge on any atom is -0.394 e. The van der Waals surface area contributed by atoms with Crippen LogP contribution in [0.3, 0.4) is 0 Å². The first-order valence-electron chi connectivity index (χ1n) is 6.32. The van der Waals surface area contributed by atoms with Crippen molar-refractivity contribution in [2.45, 2.75) is 36.1 Å². The van der Waals surface area contributed by atoms with E-state index in [4.69, 9.17) is 5.73 Å². The monoisotopic (exact) mass is 251 g/mol. The van der Waals surface area contributed by atoms with Crippen molar-refractivity contribution < 1.29 is 5.11 Å². The molecule has 3 N–H and O–H groups in total. The minimum atomic E-state index is -0.308. The molecule has 0 bridgehead atoms. The molecule has 2 atom stereocenters. The van der Waals surface area contributed by atoms with Gasteiger partial charge in [0.05, 0.1) is 6.61 Å². The second-order valence-electron chi connectivity index (χ2n) is 4.93. The van der Waals surface area contributed by atoms with E-state index in [1.165, 1.54) is 11.3 Å². The lowest BCUT2D eigenvalue weighted by atomic mass is 9.87. The molecule has 1 aliphatic rings. The van der Waals surface area contributed by atoms with Gasteiger partial charge in [-0.15, -0.1) is 11.8 Å². The summed E-state index contributed by atoms with van der Waals surface area (Å²) in [5, 5.41) is 9.38. The Morgan fingerprint density at radius 3 is 2.82 bits per heavy atom. The van der Waals surface area contributed by atoms with Crippen molar-refractivity contribution >= 4 is 11.8 Å². The highest BCUT2D eigenvalue weighted by molar-refractivity contribution is 7.99. The molecule has 3 heteroatoms. The van der Waals surface area contributed by atoms with Crippen molar-refractivity contribution in [3.8, 4) is 0 Å². The highest BCUT2D eigenvalue weighted by atomic mass is 32.2. The normalized spacial score (nSPS) is 28.5. The van der Waals surface area contributed by atoms with Crippen molar-refractivity contribution in [2.24, 2.45) is 11.7 Å². The lowest BCUT2D eigenvalue weighted by Gasteiger charge is -2.29. The Kier molecular flexibility index (Phi) is 4.48. The van der Waals surface area contributed by atoms with Crippen LogP contribution >= 0.6 is 11.8 Å². The molecule has 2 rings (SSSR count). The van der Waals surface area contributed by atoms with E-state index in [0.29, 0.717) is 5.92 Å². The van der Waals surface area contributed by atoms with Gasteiger partial charge in [0.1, 0.15) is 0 Å². The van der Waals surface area contributed by atoms with Crippen molar-refractivity contribution in [1.82, 2.24) is 0 Å². The maximum Gasteiger partial charge on any atom is 0.0613 e. The SMILES string of the molecule is NC1(CO)CCCC1CCSc1ccccc1. The molecule has 0 heterocycles. The Morgan fingerprint density at radius 1 is 1.35 bits per heavy atom. The van der Waals surface area contributed by atoms with Gasteiger partial charge in [-0.2, -0.15) is 0 Å². The topological polar surface area (TPSA) is 46.2 Å². The van der Waals surface area contributed by atoms with Gasteiger partial charge in [0, 0.05) is 10.4 Å². The summed E-state index contributed by atoms with van der Waals surface area (Å²) >= 11 is 1.88. The maximum atomic E-state index is 9.38. The third kappa shape index (κ3) is 3.24. The third-order valence-corrected chi connectivity index (χ3v) is 4.83. The highest BCUT2D eigenvalue weighted by Gasteiger charge is 2.38. The predicted molar refractivity (Wildman–Crippen MR) is 73.1 cm³/mol. The summed E-state index contributed by atoms with van der Waals surface area (Å²) in [6.45, 7) is 0.133. The fourth-order valence-electron chi connectivity index (χ4n) is 2.64. The molecule has 2 nitrogen and oxygen atoms in total.